The topological polar surface area (TPSA) is 42.6 Å². The van der Waals surface area contributed by atoms with Crippen LogP contribution in [0.15, 0.2) is 45.0 Å². The number of furan rings is 1. The Balaban J connectivity index is 2.03. The lowest BCUT2D eigenvalue weighted by atomic mass is 10.2. The van der Waals surface area contributed by atoms with Crippen LogP contribution >= 0.6 is 15.9 Å². The molecule has 3 nitrogen and oxygen atoms in total. The first-order valence-electron chi connectivity index (χ1n) is 5.44. The molecule has 1 unspecified atom stereocenters. The van der Waals surface area contributed by atoms with E-state index in [1.54, 1.807) is 0 Å². The maximum atomic E-state index is 10.1. The van der Waals surface area contributed by atoms with E-state index in [1.165, 1.54) is 0 Å². The van der Waals surface area contributed by atoms with Crippen LogP contribution in [0.25, 0.3) is 11.0 Å². The van der Waals surface area contributed by atoms with Gasteiger partial charge in [-0.25, -0.2) is 0 Å². The van der Waals surface area contributed by atoms with E-state index < -0.39 is 6.10 Å². The van der Waals surface area contributed by atoms with E-state index in [-0.39, 0.29) is 0 Å². The molecule has 1 aromatic carbocycles. The molecule has 0 amide bonds. The van der Waals surface area contributed by atoms with E-state index in [9.17, 15) is 5.11 Å². The number of aliphatic hydroxyl groups is 1. The van der Waals surface area contributed by atoms with Crippen molar-refractivity contribution < 1.29 is 14.3 Å². The van der Waals surface area contributed by atoms with Crippen molar-refractivity contribution >= 4 is 26.9 Å². The largest absolute Gasteiger partial charge is 0.495 e. The fourth-order valence-corrected chi connectivity index (χ4v) is 2.41. The lowest BCUT2D eigenvalue weighted by molar-refractivity contribution is 0.104. The van der Waals surface area contributed by atoms with E-state index in [1.807, 2.05) is 30.3 Å². The average Bonchev–Trinajstić information content (AvgIpc) is 2.98. The lowest BCUT2D eigenvalue weighted by Gasteiger charge is -2.08. The average molecular weight is 295 g/mol. The van der Waals surface area contributed by atoms with Gasteiger partial charge in [0.05, 0.1) is 11.1 Å². The van der Waals surface area contributed by atoms with Crippen LogP contribution in [0.4, 0.5) is 0 Å². The second-order valence-electron chi connectivity index (χ2n) is 3.95. The summed E-state index contributed by atoms with van der Waals surface area (Å²) >= 11 is 3.42. The highest BCUT2D eigenvalue weighted by molar-refractivity contribution is 9.10. The monoisotopic (exact) mass is 294 g/mol. The molecule has 1 aliphatic rings. The summed E-state index contributed by atoms with van der Waals surface area (Å²) in [5, 5.41) is 11.1. The third-order valence-electron chi connectivity index (χ3n) is 2.79. The minimum atomic E-state index is -0.809. The van der Waals surface area contributed by atoms with Gasteiger partial charge in [0.1, 0.15) is 17.1 Å². The number of ether oxygens (including phenoxy) is 1. The van der Waals surface area contributed by atoms with Gasteiger partial charge >= 0.3 is 0 Å². The van der Waals surface area contributed by atoms with Crippen LogP contribution in [-0.4, -0.2) is 11.7 Å². The molecule has 1 atom stereocenters. The lowest BCUT2D eigenvalue weighted by Crippen LogP contribution is -2.00. The number of hydrogen-bond donors (Lipinski definition) is 1. The molecule has 2 aromatic rings. The minimum Gasteiger partial charge on any atom is -0.495 e. The number of aliphatic hydroxyl groups excluding tert-OH is 1. The predicted octanol–water partition coefficient (Wildman–Crippen LogP) is 3.53. The van der Waals surface area contributed by atoms with Gasteiger partial charge < -0.3 is 14.3 Å². The van der Waals surface area contributed by atoms with Crippen LogP contribution in [0.3, 0.4) is 0 Å². The van der Waals surface area contributed by atoms with Crippen LogP contribution in [-0.2, 0) is 4.74 Å². The zero-order valence-corrected chi connectivity index (χ0v) is 10.6. The molecule has 0 radical (unpaired) electrons. The van der Waals surface area contributed by atoms with Crippen molar-refractivity contribution in [3.8, 4) is 0 Å². The van der Waals surface area contributed by atoms with E-state index in [0.717, 1.165) is 21.9 Å². The third kappa shape index (κ3) is 1.87. The number of rotatable bonds is 2. The molecule has 0 spiro atoms. The molecular weight excluding hydrogens is 284 g/mol. The second-order valence-corrected chi connectivity index (χ2v) is 4.81. The highest BCUT2D eigenvalue weighted by Crippen LogP contribution is 2.33. The molecule has 2 heterocycles. The molecule has 0 bridgehead atoms. The zero-order chi connectivity index (χ0) is 11.8. The quantitative estimate of drug-likeness (QED) is 0.921. The molecule has 3 rings (SSSR count). The smallest absolute Gasteiger partial charge is 0.168 e. The van der Waals surface area contributed by atoms with Crippen molar-refractivity contribution in [2.75, 3.05) is 6.61 Å². The van der Waals surface area contributed by atoms with Crippen molar-refractivity contribution in [1.82, 2.24) is 0 Å². The Morgan fingerprint density at radius 1 is 1.35 bits per heavy atom. The number of halogens is 1. The maximum absolute atomic E-state index is 10.1. The molecule has 0 saturated heterocycles. The molecule has 1 N–H and O–H groups in total. The predicted molar refractivity (Wildman–Crippen MR) is 67.5 cm³/mol. The van der Waals surface area contributed by atoms with Crippen molar-refractivity contribution in [2.24, 2.45) is 0 Å². The van der Waals surface area contributed by atoms with Gasteiger partial charge in [-0.3, -0.25) is 0 Å². The van der Waals surface area contributed by atoms with Gasteiger partial charge in [-0.05, 0) is 34.1 Å². The van der Waals surface area contributed by atoms with Crippen molar-refractivity contribution in [3.05, 3.63) is 46.3 Å². The highest BCUT2D eigenvalue weighted by atomic mass is 79.9. The molecule has 1 aliphatic heterocycles. The van der Waals surface area contributed by atoms with E-state index in [2.05, 4.69) is 15.9 Å². The summed E-state index contributed by atoms with van der Waals surface area (Å²) in [5.41, 5.74) is 0.750. The van der Waals surface area contributed by atoms with E-state index in [0.29, 0.717) is 18.1 Å². The summed E-state index contributed by atoms with van der Waals surface area (Å²) < 4.78 is 11.9. The molecule has 17 heavy (non-hydrogen) atoms. The van der Waals surface area contributed by atoms with Crippen LogP contribution in [0, 0.1) is 0 Å². The Bertz CT molecular complexity index is 585. The molecule has 88 valence electrons. The molecule has 0 fully saturated rings. The highest BCUT2D eigenvalue weighted by Gasteiger charge is 2.22. The number of hydrogen-bond acceptors (Lipinski definition) is 3. The summed E-state index contributed by atoms with van der Waals surface area (Å²) in [6.45, 7) is 0.635. The first-order chi connectivity index (χ1) is 8.25. The van der Waals surface area contributed by atoms with Crippen LogP contribution in [0.5, 0.6) is 0 Å². The Kier molecular flexibility index (Phi) is 2.68. The molecule has 4 heteroatoms. The van der Waals surface area contributed by atoms with Crippen molar-refractivity contribution in [1.29, 1.82) is 0 Å². The minimum absolute atomic E-state index is 0.514. The number of fused-ring (bicyclic) bond motifs is 1. The summed E-state index contributed by atoms with van der Waals surface area (Å²) in [6, 6.07) is 7.63. The van der Waals surface area contributed by atoms with Crippen LogP contribution < -0.4 is 0 Å². The summed E-state index contributed by atoms with van der Waals surface area (Å²) in [6.07, 6.45) is 1.93. The molecule has 0 saturated carbocycles. The fraction of sp³-hybridized carbons (Fsp3) is 0.231. The zero-order valence-electron chi connectivity index (χ0n) is 9.02. The Morgan fingerprint density at radius 2 is 2.24 bits per heavy atom. The summed E-state index contributed by atoms with van der Waals surface area (Å²) in [7, 11) is 0. The van der Waals surface area contributed by atoms with Gasteiger partial charge in [0.25, 0.3) is 0 Å². The summed E-state index contributed by atoms with van der Waals surface area (Å²) in [4.78, 5) is 0. The number of para-hydroxylation sites is 1. The van der Waals surface area contributed by atoms with Crippen molar-refractivity contribution in [2.45, 2.75) is 12.5 Å². The SMILES string of the molecule is OC(C1=CCCO1)c1cc2cccc(Br)c2o1. The summed E-state index contributed by atoms with van der Waals surface area (Å²) in [5.74, 6) is 1.10. The Labute approximate surface area is 107 Å². The van der Waals surface area contributed by atoms with Gasteiger partial charge in [-0.15, -0.1) is 0 Å². The van der Waals surface area contributed by atoms with Gasteiger partial charge in [-0.1, -0.05) is 12.1 Å². The first kappa shape index (κ1) is 10.9. The molecular formula is C13H11BrO3. The van der Waals surface area contributed by atoms with Gasteiger partial charge in [0, 0.05) is 11.8 Å². The van der Waals surface area contributed by atoms with E-state index >= 15 is 0 Å². The van der Waals surface area contributed by atoms with Crippen molar-refractivity contribution in [3.63, 3.8) is 0 Å². The molecule has 0 aliphatic carbocycles. The Hall–Kier alpha value is -1.26. The number of benzene rings is 1. The first-order valence-corrected chi connectivity index (χ1v) is 6.24. The maximum Gasteiger partial charge on any atom is 0.168 e. The van der Waals surface area contributed by atoms with Gasteiger partial charge in [-0.2, -0.15) is 0 Å². The normalized spacial score (nSPS) is 16.9. The van der Waals surface area contributed by atoms with Gasteiger partial charge in [0.15, 0.2) is 6.10 Å². The van der Waals surface area contributed by atoms with Gasteiger partial charge in [0.2, 0.25) is 0 Å². The van der Waals surface area contributed by atoms with Crippen LogP contribution in [0.1, 0.15) is 18.3 Å². The van der Waals surface area contributed by atoms with Crippen LogP contribution in [0.2, 0.25) is 0 Å². The van der Waals surface area contributed by atoms with E-state index in [4.69, 9.17) is 9.15 Å². The fourth-order valence-electron chi connectivity index (χ4n) is 1.95. The second kappa shape index (κ2) is 4.20. The standard InChI is InChI=1S/C13H11BrO3/c14-9-4-1-3-8-7-11(17-13(8)9)12(15)10-5-2-6-16-10/h1,3-5,7,12,15H,2,6H2. The Morgan fingerprint density at radius 3 is 2.94 bits per heavy atom. The third-order valence-corrected chi connectivity index (χ3v) is 3.41. The molecule has 1 aromatic heterocycles.